The Bertz CT molecular complexity index is 1060. The molecule has 0 aliphatic rings. The molecule has 8 nitrogen and oxygen atoms in total. The van der Waals surface area contributed by atoms with Gasteiger partial charge in [-0.2, -0.15) is 0 Å². The Morgan fingerprint density at radius 3 is 2.36 bits per heavy atom. The van der Waals surface area contributed by atoms with E-state index in [1.165, 1.54) is 12.0 Å². The fourth-order valence-corrected chi connectivity index (χ4v) is 4.24. The van der Waals surface area contributed by atoms with Crippen molar-refractivity contribution in [3.8, 4) is 5.75 Å². The molecule has 0 saturated heterocycles. The van der Waals surface area contributed by atoms with Crippen LogP contribution in [0.2, 0.25) is 5.02 Å². The molecule has 0 heterocycles. The number of hydrogen-bond acceptors (Lipinski definition) is 5. The van der Waals surface area contributed by atoms with Crippen LogP contribution in [0.4, 0.5) is 5.69 Å². The number of halogens is 1. The predicted molar refractivity (Wildman–Crippen MR) is 130 cm³/mol. The smallest absolute Gasteiger partial charge is 0.244 e. The topological polar surface area (TPSA) is 96.0 Å². The van der Waals surface area contributed by atoms with Gasteiger partial charge < -0.3 is 15.0 Å². The molecule has 0 aliphatic heterocycles. The van der Waals surface area contributed by atoms with Gasteiger partial charge in [-0.15, -0.1) is 0 Å². The Balaban J connectivity index is 2.36. The second kappa shape index (κ2) is 11.9. The lowest BCUT2D eigenvalue weighted by atomic mass is 10.1. The minimum Gasteiger partial charge on any atom is -0.497 e. The summed E-state index contributed by atoms with van der Waals surface area (Å²) in [6.45, 7) is 3.66. The number of anilines is 1. The van der Waals surface area contributed by atoms with Crippen molar-refractivity contribution in [3.63, 3.8) is 0 Å². The highest BCUT2D eigenvalue weighted by Crippen LogP contribution is 2.22. The standard InChI is InChI=1S/C23H30ClN3O5S/c1-5-13-25-23(29)17(2)26(15-18-7-6-8-19(24)14-18)22(28)16-27(33(4,30)31)20-9-11-21(32-3)12-10-20/h6-12,14,17H,5,13,15-16H2,1-4H3,(H,25,29)/t17-/m0/s1. The summed E-state index contributed by atoms with van der Waals surface area (Å²) in [5.41, 5.74) is 1.04. The molecule has 0 bridgehead atoms. The number of nitrogens with zero attached hydrogens (tertiary/aromatic N) is 2. The SMILES string of the molecule is CCCNC(=O)[C@H](C)N(Cc1cccc(Cl)c1)C(=O)CN(c1ccc(OC)cc1)S(C)(=O)=O. The van der Waals surface area contributed by atoms with Crippen LogP contribution < -0.4 is 14.4 Å². The van der Waals surface area contributed by atoms with Crippen molar-refractivity contribution in [2.45, 2.75) is 32.9 Å². The van der Waals surface area contributed by atoms with E-state index in [1.54, 1.807) is 55.5 Å². The molecular formula is C23H30ClN3O5S. The van der Waals surface area contributed by atoms with Crippen LogP contribution in [-0.2, 0) is 26.2 Å². The van der Waals surface area contributed by atoms with Gasteiger partial charge in [-0.25, -0.2) is 8.42 Å². The molecule has 1 atom stereocenters. The lowest BCUT2D eigenvalue weighted by Gasteiger charge is -2.31. The van der Waals surface area contributed by atoms with Crippen molar-refractivity contribution in [2.24, 2.45) is 0 Å². The van der Waals surface area contributed by atoms with Crippen molar-refractivity contribution in [3.05, 3.63) is 59.1 Å². The van der Waals surface area contributed by atoms with E-state index in [2.05, 4.69) is 5.32 Å². The van der Waals surface area contributed by atoms with Crippen LogP contribution in [0.1, 0.15) is 25.8 Å². The van der Waals surface area contributed by atoms with Gasteiger partial charge in [-0.05, 0) is 55.3 Å². The average Bonchev–Trinajstić information content (AvgIpc) is 2.78. The lowest BCUT2D eigenvalue weighted by molar-refractivity contribution is -0.139. The van der Waals surface area contributed by atoms with E-state index < -0.39 is 28.5 Å². The number of benzene rings is 2. The molecule has 33 heavy (non-hydrogen) atoms. The number of sulfonamides is 1. The van der Waals surface area contributed by atoms with Crippen LogP contribution in [0.15, 0.2) is 48.5 Å². The molecule has 2 amide bonds. The van der Waals surface area contributed by atoms with E-state index in [-0.39, 0.29) is 12.5 Å². The van der Waals surface area contributed by atoms with E-state index in [4.69, 9.17) is 16.3 Å². The van der Waals surface area contributed by atoms with Gasteiger partial charge in [0.25, 0.3) is 0 Å². The fraction of sp³-hybridized carbons (Fsp3) is 0.391. The Morgan fingerprint density at radius 1 is 1.15 bits per heavy atom. The fourth-order valence-electron chi connectivity index (χ4n) is 3.17. The van der Waals surface area contributed by atoms with Crippen molar-refractivity contribution in [1.82, 2.24) is 10.2 Å². The first kappa shape index (κ1) is 26.5. The van der Waals surface area contributed by atoms with Gasteiger partial charge in [0.1, 0.15) is 18.3 Å². The zero-order chi connectivity index (χ0) is 24.6. The first-order chi connectivity index (χ1) is 15.6. The second-order valence-corrected chi connectivity index (χ2v) is 9.93. The summed E-state index contributed by atoms with van der Waals surface area (Å²) < 4.78 is 31.2. The minimum atomic E-state index is -3.78. The van der Waals surface area contributed by atoms with Gasteiger partial charge in [0.15, 0.2) is 0 Å². The van der Waals surface area contributed by atoms with Crippen LogP contribution in [0.25, 0.3) is 0 Å². The Kier molecular flexibility index (Phi) is 9.55. The van der Waals surface area contributed by atoms with Gasteiger partial charge >= 0.3 is 0 Å². The first-order valence-corrected chi connectivity index (χ1v) is 12.7. The summed E-state index contributed by atoms with van der Waals surface area (Å²) in [6.07, 6.45) is 1.78. The normalized spacial score (nSPS) is 12.0. The number of methoxy groups -OCH3 is 1. The molecule has 0 saturated carbocycles. The molecule has 0 spiro atoms. The number of ether oxygens (including phenoxy) is 1. The minimum absolute atomic E-state index is 0.0975. The summed E-state index contributed by atoms with van der Waals surface area (Å²) in [7, 11) is -2.28. The molecule has 0 fully saturated rings. The second-order valence-electron chi connectivity index (χ2n) is 7.59. The highest BCUT2D eigenvalue weighted by molar-refractivity contribution is 7.92. The zero-order valence-electron chi connectivity index (χ0n) is 19.2. The number of nitrogens with one attached hydrogen (secondary N) is 1. The van der Waals surface area contributed by atoms with Crippen LogP contribution in [0.3, 0.4) is 0 Å². The molecule has 0 radical (unpaired) electrons. The van der Waals surface area contributed by atoms with E-state index in [0.29, 0.717) is 23.0 Å². The molecule has 2 aromatic rings. The summed E-state index contributed by atoms with van der Waals surface area (Å²) in [5.74, 6) is -0.278. The van der Waals surface area contributed by atoms with Crippen LogP contribution in [-0.4, -0.2) is 57.6 Å². The summed E-state index contributed by atoms with van der Waals surface area (Å²) >= 11 is 6.09. The maximum atomic E-state index is 13.4. The van der Waals surface area contributed by atoms with Gasteiger partial charge in [0.2, 0.25) is 21.8 Å². The van der Waals surface area contributed by atoms with E-state index >= 15 is 0 Å². The quantitative estimate of drug-likeness (QED) is 0.517. The first-order valence-electron chi connectivity index (χ1n) is 10.5. The van der Waals surface area contributed by atoms with Gasteiger partial charge in [-0.3, -0.25) is 13.9 Å². The lowest BCUT2D eigenvalue weighted by Crippen LogP contribution is -2.51. The third-order valence-corrected chi connectivity index (χ3v) is 6.37. The Labute approximate surface area is 200 Å². The van der Waals surface area contributed by atoms with Crippen molar-refractivity contribution in [2.75, 3.05) is 30.8 Å². The molecular weight excluding hydrogens is 466 g/mol. The van der Waals surface area contributed by atoms with E-state index in [9.17, 15) is 18.0 Å². The average molecular weight is 496 g/mol. The molecule has 0 unspecified atom stereocenters. The van der Waals surface area contributed by atoms with Gasteiger partial charge in [0.05, 0.1) is 19.1 Å². The molecule has 0 aromatic heterocycles. The van der Waals surface area contributed by atoms with Crippen LogP contribution in [0, 0.1) is 0 Å². The molecule has 10 heteroatoms. The maximum Gasteiger partial charge on any atom is 0.244 e. The molecule has 1 N–H and O–H groups in total. The summed E-state index contributed by atoms with van der Waals surface area (Å²) in [5, 5.41) is 3.29. The van der Waals surface area contributed by atoms with Crippen molar-refractivity contribution < 1.29 is 22.7 Å². The molecule has 2 aromatic carbocycles. The Hall–Kier alpha value is -2.78. The number of carbonyl (C=O) groups excluding carboxylic acids is 2. The number of rotatable bonds is 11. The molecule has 0 aliphatic carbocycles. The Morgan fingerprint density at radius 2 is 1.82 bits per heavy atom. The molecule has 180 valence electrons. The van der Waals surface area contributed by atoms with Gasteiger partial charge in [0, 0.05) is 18.1 Å². The van der Waals surface area contributed by atoms with Crippen LogP contribution in [0.5, 0.6) is 5.75 Å². The number of hydrogen-bond donors (Lipinski definition) is 1. The summed E-state index contributed by atoms with van der Waals surface area (Å²) in [4.78, 5) is 27.4. The predicted octanol–water partition coefficient (Wildman–Crippen LogP) is 3.06. The largest absolute Gasteiger partial charge is 0.497 e. The van der Waals surface area contributed by atoms with E-state index in [1.807, 2.05) is 6.92 Å². The zero-order valence-corrected chi connectivity index (χ0v) is 20.8. The highest BCUT2D eigenvalue weighted by Gasteiger charge is 2.30. The van der Waals surface area contributed by atoms with Crippen molar-refractivity contribution in [1.29, 1.82) is 0 Å². The third kappa shape index (κ3) is 7.64. The third-order valence-electron chi connectivity index (χ3n) is 5.00. The number of amides is 2. The highest BCUT2D eigenvalue weighted by atomic mass is 35.5. The number of carbonyl (C=O) groups is 2. The summed E-state index contributed by atoms with van der Waals surface area (Å²) in [6, 6.07) is 12.5. The van der Waals surface area contributed by atoms with Gasteiger partial charge in [-0.1, -0.05) is 30.7 Å². The van der Waals surface area contributed by atoms with Crippen molar-refractivity contribution >= 4 is 39.1 Å². The maximum absolute atomic E-state index is 13.4. The molecule has 2 rings (SSSR count). The van der Waals surface area contributed by atoms with Crippen LogP contribution >= 0.6 is 11.6 Å². The monoisotopic (exact) mass is 495 g/mol. The van der Waals surface area contributed by atoms with E-state index in [0.717, 1.165) is 22.5 Å².